The van der Waals surface area contributed by atoms with Crippen molar-refractivity contribution < 1.29 is 0 Å². The van der Waals surface area contributed by atoms with Crippen LogP contribution in [0, 0.1) is 0 Å². The zero-order chi connectivity index (χ0) is 12.4. The number of halogens is 1. The van der Waals surface area contributed by atoms with E-state index in [-0.39, 0.29) is 24.0 Å². The molecule has 0 spiro atoms. The Morgan fingerprint density at radius 3 is 2.95 bits per heavy atom. The molecule has 0 saturated heterocycles. The van der Waals surface area contributed by atoms with Crippen LogP contribution in [-0.2, 0) is 19.5 Å². The van der Waals surface area contributed by atoms with Gasteiger partial charge in [-0.25, -0.2) is 0 Å². The van der Waals surface area contributed by atoms with Gasteiger partial charge in [0, 0.05) is 26.1 Å². The first-order chi connectivity index (χ1) is 8.86. The maximum Gasteiger partial charge on any atom is 0.191 e. The van der Waals surface area contributed by atoms with Crippen molar-refractivity contribution in [3.63, 3.8) is 0 Å². The minimum Gasteiger partial charge on any atom is -0.354 e. The molecule has 1 fully saturated rings. The molecular formula is C12H21IN6. The first-order valence-corrected chi connectivity index (χ1v) is 6.75. The quantitative estimate of drug-likeness (QED) is 0.471. The van der Waals surface area contributed by atoms with Crippen molar-refractivity contribution in [2.24, 2.45) is 4.99 Å². The Morgan fingerprint density at radius 2 is 2.21 bits per heavy atom. The molecule has 0 bridgehead atoms. The van der Waals surface area contributed by atoms with Crippen LogP contribution in [0.25, 0.3) is 0 Å². The van der Waals surface area contributed by atoms with Gasteiger partial charge in [0.25, 0.3) is 0 Å². The summed E-state index contributed by atoms with van der Waals surface area (Å²) in [6.07, 6.45) is 6.02. The summed E-state index contributed by atoms with van der Waals surface area (Å²) in [7, 11) is 1.80. The van der Waals surface area contributed by atoms with Crippen LogP contribution in [0.2, 0.25) is 0 Å². The maximum absolute atomic E-state index is 4.27. The predicted octanol–water partition coefficient (Wildman–Crippen LogP) is 1.06. The largest absolute Gasteiger partial charge is 0.354 e. The second-order valence-corrected chi connectivity index (χ2v) is 4.99. The third kappa shape index (κ3) is 3.58. The van der Waals surface area contributed by atoms with Crippen LogP contribution in [0.3, 0.4) is 0 Å². The number of rotatable bonds is 3. The van der Waals surface area contributed by atoms with E-state index in [2.05, 4.69) is 30.4 Å². The zero-order valence-corrected chi connectivity index (χ0v) is 13.6. The van der Waals surface area contributed by atoms with Gasteiger partial charge in [-0.05, 0) is 25.7 Å². The average molecular weight is 376 g/mol. The SMILES string of the molecule is CN=C(NCc1nnc2n1CCCC2)NC1CC1.I. The molecule has 1 aromatic rings. The molecule has 0 radical (unpaired) electrons. The number of hydrogen-bond donors (Lipinski definition) is 2. The Labute approximate surface area is 130 Å². The summed E-state index contributed by atoms with van der Waals surface area (Å²) in [6, 6.07) is 0.614. The Hall–Kier alpha value is -0.860. The lowest BCUT2D eigenvalue weighted by atomic mass is 10.2. The van der Waals surface area contributed by atoms with E-state index < -0.39 is 0 Å². The molecule has 106 valence electrons. The Bertz CT molecular complexity index is 451. The molecule has 2 N–H and O–H groups in total. The summed E-state index contributed by atoms with van der Waals surface area (Å²) in [5.41, 5.74) is 0. The van der Waals surface area contributed by atoms with Gasteiger partial charge in [0.05, 0.1) is 6.54 Å². The fraction of sp³-hybridized carbons (Fsp3) is 0.750. The third-order valence-corrected chi connectivity index (χ3v) is 3.49. The van der Waals surface area contributed by atoms with E-state index in [4.69, 9.17) is 0 Å². The first-order valence-electron chi connectivity index (χ1n) is 6.75. The molecule has 0 unspecified atom stereocenters. The topological polar surface area (TPSA) is 67.1 Å². The molecule has 7 heteroatoms. The lowest BCUT2D eigenvalue weighted by Gasteiger charge is -2.16. The number of guanidine groups is 1. The number of aromatic nitrogens is 3. The van der Waals surface area contributed by atoms with Crippen molar-refractivity contribution in [1.29, 1.82) is 0 Å². The number of aryl methyl sites for hydroxylation is 1. The molecule has 0 aromatic carbocycles. The van der Waals surface area contributed by atoms with Crippen molar-refractivity contribution in [2.75, 3.05) is 7.05 Å². The molecule has 1 aliphatic carbocycles. The predicted molar refractivity (Wildman–Crippen MR) is 84.7 cm³/mol. The number of hydrogen-bond acceptors (Lipinski definition) is 3. The Kier molecular flexibility index (Phi) is 5.00. The van der Waals surface area contributed by atoms with Gasteiger partial charge in [0.1, 0.15) is 5.82 Å². The minimum absolute atomic E-state index is 0. The van der Waals surface area contributed by atoms with E-state index in [0.29, 0.717) is 12.6 Å². The highest BCUT2D eigenvalue weighted by Gasteiger charge is 2.22. The molecule has 0 amide bonds. The molecule has 0 atom stereocenters. The van der Waals surface area contributed by atoms with Crippen LogP contribution in [0.15, 0.2) is 4.99 Å². The molecule has 1 aliphatic heterocycles. The Balaban J connectivity index is 0.00000133. The van der Waals surface area contributed by atoms with Crippen molar-refractivity contribution in [2.45, 2.75) is 51.2 Å². The van der Waals surface area contributed by atoms with Gasteiger partial charge in [-0.3, -0.25) is 4.99 Å². The highest BCUT2D eigenvalue weighted by molar-refractivity contribution is 14.0. The van der Waals surface area contributed by atoms with Crippen LogP contribution >= 0.6 is 24.0 Å². The number of aliphatic imine (C=N–C) groups is 1. The summed E-state index contributed by atoms with van der Waals surface area (Å²) in [4.78, 5) is 4.22. The van der Waals surface area contributed by atoms with Crippen LogP contribution in [-0.4, -0.2) is 33.8 Å². The number of nitrogens with one attached hydrogen (secondary N) is 2. The first kappa shape index (κ1) is 14.5. The van der Waals surface area contributed by atoms with E-state index >= 15 is 0 Å². The van der Waals surface area contributed by atoms with Gasteiger partial charge >= 0.3 is 0 Å². The molecule has 6 nitrogen and oxygen atoms in total. The van der Waals surface area contributed by atoms with Crippen molar-refractivity contribution in [3.05, 3.63) is 11.6 Å². The molecule has 2 heterocycles. The molecule has 1 saturated carbocycles. The number of nitrogens with zero attached hydrogens (tertiary/aromatic N) is 4. The Morgan fingerprint density at radius 1 is 1.37 bits per heavy atom. The average Bonchev–Trinajstić information content (AvgIpc) is 3.13. The van der Waals surface area contributed by atoms with E-state index in [9.17, 15) is 0 Å². The monoisotopic (exact) mass is 376 g/mol. The van der Waals surface area contributed by atoms with Gasteiger partial charge in [-0.2, -0.15) is 0 Å². The van der Waals surface area contributed by atoms with E-state index in [1.165, 1.54) is 25.7 Å². The lowest BCUT2D eigenvalue weighted by molar-refractivity contribution is 0.504. The summed E-state index contributed by atoms with van der Waals surface area (Å²) in [5, 5.41) is 15.2. The van der Waals surface area contributed by atoms with Gasteiger partial charge in [-0.1, -0.05) is 0 Å². The fourth-order valence-corrected chi connectivity index (χ4v) is 2.28. The molecule has 1 aromatic heterocycles. The maximum atomic E-state index is 4.27. The summed E-state index contributed by atoms with van der Waals surface area (Å²) >= 11 is 0. The van der Waals surface area contributed by atoms with Crippen LogP contribution in [0.4, 0.5) is 0 Å². The highest BCUT2D eigenvalue weighted by Crippen LogP contribution is 2.18. The van der Waals surface area contributed by atoms with E-state index in [1.54, 1.807) is 7.05 Å². The molecular weight excluding hydrogens is 355 g/mol. The van der Waals surface area contributed by atoms with E-state index in [1.807, 2.05) is 0 Å². The summed E-state index contributed by atoms with van der Waals surface area (Å²) < 4.78 is 2.24. The zero-order valence-electron chi connectivity index (χ0n) is 11.2. The molecule has 2 aliphatic rings. The van der Waals surface area contributed by atoms with Crippen molar-refractivity contribution in [1.82, 2.24) is 25.4 Å². The van der Waals surface area contributed by atoms with Gasteiger partial charge in [-0.15, -0.1) is 34.2 Å². The van der Waals surface area contributed by atoms with Gasteiger partial charge < -0.3 is 15.2 Å². The van der Waals surface area contributed by atoms with Crippen molar-refractivity contribution >= 4 is 29.9 Å². The van der Waals surface area contributed by atoms with Gasteiger partial charge in [0.2, 0.25) is 0 Å². The summed E-state index contributed by atoms with van der Waals surface area (Å²) in [6.45, 7) is 1.74. The van der Waals surface area contributed by atoms with Crippen molar-refractivity contribution in [3.8, 4) is 0 Å². The highest BCUT2D eigenvalue weighted by atomic mass is 127. The molecule has 3 rings (SSSR count). The van der Waals surface area contributed by atoms with Crippen LogP contribution in [0.1, 0.15) is 37.3 Å². The van der Waals surface area contributed by atoms with E-state index in [0.717, 1.165) is 30.6 Å². The van der Waals surface area contributed by atoms with Crippen LogP contribution in [0.5, 0.6) is 0 Å². The number of fused-ring (bicyclic) bond motifs is 1. The smallest absolute Gasteiger partial charge is 0.191 e. The molecule has 19 heavy (non-hydrogen) atoms. The second-order valence-electron chi connectivity index (χ2n) is 4.99. The third-order valence-electron chi connectivity index (χ3n) is 3.49. The minimum atomic E-state index is 0. The summed E-state index contributed by atoms with van der Waals surface area (Å²) in [5.74, 6) is 3.01. The van der Waals surface area contributed by atoms with Gasteiger partial charge in [0.15, 0.2) is 11.8 Å². The normalized spacial score (nSPS) is 18.5. The second kappa shape index (κ2) is 6.53. The van der Waals surface area contributed by atoms with Crippen LogP contribution < -0.4 is 10.6 Å². The standard InChI is InChI=1S/C12H20N6.HI/c1-13-12(15-9-5-6-9)14-8-11-17-16-10-4-2-3-7-18(10)11;/h9H,2-8H2,1H3,(H2,13,14,15);1H. The fourth-order valence-electron chi connectivity index (χ4n) is 2.28. The lowest BCUT2D eigenvalue weighted by Crippen LogP contribution is -2.38.